The van der Waals surface area contributed by atoms with Gasteiger partial charge in [-0.3, -0.25) is 19.8 Å². The molecular formula is C15H16F3N3O6. The Balaban J connectivity index is 2.67. The molecule has 12 heteroatoms. The summed E-state index contributed by atoms with van der Waals surface area (Å²) in [7, 11) is 0.679. The SMILES string of the molecule is CCOC(=O)[C@H]1[C@@H](c2cccc([N+](=O)[O-])c2)NC(=O)N(C)[C@]1(O)C(F)(F)F. The number of nitrogens with one attached hydrogen (secondary N) is 1. The maximum absolute atomic E-state index is 13.7. The Morgan fingerprint density at radius 3 is 2.63 bits per heavy atom. The van der Waals surface area contributed by atoms with Gasteiger partial charge in [-0.15, -0.1) is 0 Å². The Morgan fingerprint density at radius 1 is 1.48 bits per heavy atom. The summed E-state index contributed by atoms with van der Waals surface area (Å²) >= 11 is 0. The van der Waals surface area contributed by atoms with Crippen LogP contribution in [0.1, 0.15) is 18.5 Å². The number of halogens is 3. The first-order valence-electron chi connectivity index (χ1n) is 7.69. The van der Waals surface area contributed by atoms with E-state index in [-0.39, 0.29) is 17.1 Å². The molecule has 1 aromatic carbocycles. The van der Waals surface area contributed by atoms with Crippen molar-refractivity contribution in [2.75, 3.05) is 13.7 Å². The predicted molar refractivity (Wildman–Crippen MR) is 83.3 cm³/mol. The second-order valence-corrected chi connectivity index (χ2v) is 5.79. The number of nitrogens with zero attached hydrogens (tertiary/aromatic N) is 2. The first kappa shape index (κ1) is 20.4. The van der Waals surface area contributed by atoms with Gasteiger partial charge >= 0.3 is 18.2 Å². The van der Waals surface area contributed by atoms with Gasteiger partial charge in [0.15, 0.2) is 0 Å². The van der Waals surface area contributed by atoms with Crippen molar-refractivity contribution in [2.24, 2.45) is 5.92 Å². The smallest absolute Gasteiger partial charge is 0.437 e. The number of aliphatic hydroxyl groups is 1. The Bertz CT molecular complexity index is 771. The Kier molecular flexibility index (Phi) is 5.31. The number of urea groups is 1. The van der Waals surface area contributed by atoms with Gasteiger partial charge in [0.25, 0.3) is 11.4 Å². The van der Waals surface area contributed by atoms with E-state index in [9.17, 15) is 38.0 Å². The summed E-state index contributed by atoms with van der Waals surface area (Å²) in [5.74, 6) is -3.73. The van der Waals surface area contributed by atoms with E-state index in [0.29, 0.717) is 7.05 Å². The average molecular weight is 391 g/mol. The lowest BCUT2D eigenvalue weighted by Crippen LogP contribution is -2.73. The molecule has 1 heterocycles. The van der Waals surface area contributed by atoms with Gasteiger partial charge in [-0.25, -0.2) is 4.79 Å². The van der Waals surface area contributed by atoms with Crippen LogP contribution in [0, 0.1) is 16.0 Å². The van der Waals surface area contributed by atoms with Crippen molar-refractivity contribution in [3.8, 4) is 0 Å². The molecule has 0 unspecified atom stereocenters. The van der Waals surface area contributed by atoms with Crippen LogP contribution < -0.4 is 5.32 Å². The molecule has 1 aliphatic rings. The van der Waals surface area contributed by atoms with Crippen molar-refractivity contribution in [1.29, 1.82) is 0 Å². The third-order valence-corrected chi connectivity index (χ3v) is 4.26. The molecule has 9 nitrogen and oxygen atoms in total. The molecule has 2 rings (SSSR count). The molecule has 1 fully saturated rings. The summed E-state index contributed by atoms with van der Waals surface area (Å²) in [6.07, 6.45) is -5.41. The van der Waals surface area contributed by atoms with E-state index in [2.05, 4.69) is 10.1 Å². The van der Waals surface area contributed by atoms with Crippen molar-refractivity contribution in [3.05, 3.63) is 39.9 Å². The van der Waals surface area contributed by atoms with E-state index in [4.69, 9.17) is 0 Å². The van der Waals surface area contributed by atoms with Crippen LogP contribution in [-0.2, 0) is 9.53 Å². The fourth-order valence-electron chi connectivity index (χ4n) is 2.92. The maximum atomic E-state index is 13.7. The van der Waals surface area contributed by atoms with Crippen molar-refractivity contribution >= 4 is 17.7 Å². The summed E-state index contributed by atoms with van der Waals surface area (Å²) in [5, 5.41) is 23.5. The molecule has 0 radical (unpaired) electrons. The molecule has 0 saturated carbocycles. The summed E-state index contributed by atoms with van der Waals surface area (Å²) in [5.41, 5.74) is -4.50. The van der Waals surface area contributed by atoms with Crippen molar-refractivity contribution in [2.45, 2.75) is 24.9 Å². The van der Waals surface area contributed by atoms with Crippen molar-refractivity contribution in [3.63, 3.8) is 0 Å². The number of alkyl halides is 3. The number of carbonyl (C=O) groups excluding carboxylic acids is 2. The van der Waals surface area contributed by atoms with Crippen LogP contribution in [0.4, 0.5) is 23.7 Å². The summed E-state index contributed by atoms with van der Waals surface area (Å²) < 4.78 is 45.8. The van der Waals surface area contributed by atoms with Crippen LogP contribution in [0.5, 0.6) is 0 Å². The van der Waals surface area contributed by atoms with Gasteiger partial charge in [-0.05, 0) is 12.5 Å². The third-order valence-electron chi connectivity index (χ3n) is 4.26. The lowest BCUT2D eigenvalue weighted by atomic mass is 9.81. The number of hydrogen-bond donors (Lipinski definition) is 2. The number of amides is 2. The molecule has 2 N–H and O–H groups in total. The van der Waals surface area contributed by atoms with Crippen LogP contribution in [0.2, 0.25) is 0 Å². The maximum Gasteiger partial charge on any atom is 0.437 e. The predicted octanol–water partition coefficient (Wildman–Crippen LogP) is 1.72. The van der Waals surface area contributed by atoms with Gasteiger partial charge in [0.1, 0.15) is 5.92 Å². The van der Waals surface area contributed by atoms with Gasteiger partial charge in [0.2, 0.25) is 0 Å². The topological polar surface area (TPSA) is 122 Å². The molecule has 27 heavy (non-hydrogen) atoms. The molecule has 0 spiro atoms. The van der Waals surface area contributed by atoms with Crippen LogP contribution >= 0.6 is 0 Å². The van der Waals surface area contributed by atoms with E-state index < -0.39 is 46.5 Å². The second-order valence-electron chi connectivity index (χ2n) is 5.79. The molecule has 148 valence electrons. The number of rotatable bonds is 4. The Morgan fingerprint density at radius 2 is 2.11 bits per heavy atom. The largest absolute Gasteiger partial charge is 0.466 e. The number of ether oxygens (including phenoxy) is 1. The number of carbonyl (C=O) groups is 2. The zero-order valence-electron chi connectivity index (χ0n) is 14.2. The molecule has 0 aromatic heterocycles. The molecule has 2 amide bonds. The van der Waals surface area contributed by atoms with Crippen LogP contribution in [-0.4, -0.2) is 52.5 Å². The molecule has 1 saturated heterocycles. The average Bonchev–Trinajstić information content (AvgIpc) is 2.58. The standard InChI is InChI=1S/C15H16F3N3O6/c1-3-27-12(22)10-11(8-5-4-6-9(7-8)21(25)26)19-13(23)20(2)14(10,24)15(16,17)18/h4-7,10-11,24H,3H2,1-2H3,(H,19,23)/t10-,11-,14-/m1/s1. The van der Waals surface area contributed by atoms with E-state index in [1.165, 1.54) is 19.1 Å². The first-order chi connectivity index (χ1) is 12.4. The summed E-state index contributed by atoms with van der Waals surface area (Å²) in [6, 6.07) is 1.37. The molecule has 1 aliphatic heterocycles. The molecule has 0 bridgehead atoms. The number of esters is 1. The minimum absolute atomic E-state index is 0.0392. The number of non-ortho nitro benzene ring substituents is 1. The number of benzene rings is 1. The van der Waals surface area contributed by atoms with Gasteiger partial charge < -0.3 is 15.2 Å². The zero-order valence-corrected chi connectivity index (χ0v) is 14.2. The highest BCUT2D eigenvalue weighted by atomic mass is 19.4. The highest BCUT2D eigenvalue weighted by Gasteiger charge is 2.69. The van der Waals surface area contributed by atoms with Gasteiger partial charge in [-0.1, -0.05) is 12.1 Å². The zero-order chi connectivity index (χ0) is 20.6. The first-order valence-corrected chi connectivity index (χ1v) is 7.69. The minimum Gasteiger partial charge on any atom is -0.466 e. The Hall–Kier alpha value is -2.89. The summed E-state index contributed by atoms with van der Waals surface area (Å²) in [6.45, 7) is 1.08. The number of nitro groups is 1. The Labute approximate surface area is 150 Å². The fraction of sp³-hybridized carbons (Fsp3) is 0.467. The highest BCUT2D eigenvalue weighted by Crippen LogP contribution is 2.47. The third kappa shape index (κ3) is 3.39. The fourth-order valence-corrected chi connectivity index (χ4v) is 2.92. The minimum atomic E-state index is -5.41. The van der Waals surface area contributed by atoms with Crippen LogP contribution in [0.15, 0.2) is 24.3 Å². The van der Waals surface area contributed by atoms with Crippen LogP contribution in [0.25, 0.3) is 0 Å². The van der Waals surface area contributed by atoms with Crippen molar-refractivity contribution in [1.82, 2.24) is 10.2 Å². The van der Waals surface area contributed by atoms with Gasteiger partial charge in [0, 0.05) is 19.2 Å². The van der Waals surface area contributed by atoms with E-state index in [1.807, 2.05) is 0 Å². The van der Waals surface area contributed by atoms with E-state index in [0.717, 1.165) is 12.1 Å². The lowest BCUT2D eigenvalue weighted by molar-refractivity contribution is -0.385. The van der Waals surface area contributed by atoms with Gasteiger partial charge in [-0.2, -0.15) is 13.2 Å². The molecule has 0 aliphatic carbocycles. The van der Waals surface area contributed by atoms with Gasteiger partial charge in [0.05, 0.1) is 17.6 Å². The quantitative estimate of drug-likeness (QED) is 0.458. The normalized spacial score (nSPS) is 25.7. The second kappa shape index (κ2) is 7.02. The van der Waals surface area contributed by atoms with E-state index >= 15 is 0 Å². The molecular weight excluding hydrogens is 375 g/mol. The van der Waals surface area contributed by atoms with Crippen LogP contribution in [0.3, 0.4) is 0 Å². The number of hydrogen-bond acceptors (Lipinski definition) is 6. The lowest BCUT2D eigenvalue weighted by Gasteiger charge is -2.49. The molecule has 3 atom stereocenters. The number of nitro benzene ring substituents is 1. The summed E-state index contributed by atoms with van der Waals surface area (Å²) in [4.78, 5) is 34.5. The highest BCUT2D eigenvalue weighted by molar-refractivity contribution is 5.83. The van der Waals surface area contributed by atoms with Crippen molar-refractivity contribution < 1.29 is 37.5 Å². The monoisotopic (exact) mass is 391 g/mol. The van der Waals surface area contributed by atoms with E-state index in [1.54, 1.807) is 0 Å². The molecule has 1 aromatic rings.